The van der Waals surface area contributed by atoms with Gasteiger partial charge in [-0.15, -0.1) is 11.3 Å². The number of rotatable bonds is 5. The Balaban J connectivity index is 1.47. The van der Waals surface area contributed by atoms with Gasteiger partial charge in [-0.3, -0.25) is 14.4 Å². The molecule has 1 aliphatic rings. The average Bonchev–Trinajstić information content (AvgIpc) is 3.12. The first-order valence-corrected chi connectivity index (χ1v) is 9.94. The quantitative estimate of drug-likeness (QED) is 0.557. The van der Waals surface area contributed by atoms with Crippen LogP contribution in [0.15, 0.2) is 36.4 Å². The number of carbonyl (C=O) groups is 3. The highest BCUT2D eigenvalue weighted by molar-refractivity contribution is 7.14. The molecule has 0 N–H and O–H groups in total. The molecule has 1 aromatic carbocycles. The summed E-state index contributed by atoms with van der Waals surface area (Å²) in [6.07, 6.45) is 1.06. The molecule has 0 atom stereocenters. The highest BCUT2D eigenvalue weighted by Crippen LogP contribution is 2.22. The van der Waals surface area contributed by atoms with Crippen molar-refractivity contribution in [1.82, 2.24) is 4.90 Å². The Morgan fingerprint density at radius 1 is 1.11 bits per heavy atom. The zero-order chi connectivity index (χ0) is 19.4. The SMILES string of the molecule is Cc1ccc(C(=O)COC(=O)C2CCN(C(=O)c3ccc(Cl)cc3)CC2)s1. The molecule has 7 heteroatoms. The Hall–Kier alpha value is -2.18. The van der Waals surface area contributed by atoms with Crippen LogP contribution in [0.5, 0.6) is 0 Å². The number of ketones is 1. The molecule has 5 nitrogen and oxygen atoms in total. The summed E-state index contributed by atoms with van der Waals surface area (Å²) in [7, 11) is 0. The van der Waals surface area contributed by atoms with E-state index in [2.05, 4.69) is 0 Å². The van der Waals surface area contributed by atoms with Gasteiger partial charge in [0.2, 0.25) is 5.78 Å². The number of piperidine rings is 1. The molecule has 142 valence electrons. The molecule has 0 spiro atoms. The zero-order valence-corrected chi connectivity index (χ0v) is 16.5. The molecule has 3 rings (SSSR count). The van der Waals surface area contributed by atoms with E-state index in [9.17, 15) is 14.4 Å². The number of hydrogen-bond donors (Lipinski definition) is 0. The van der Waals surface area contributed by atoms with Crippen LogP contribution < -0.4 is 0 Å². The molecule has 0 bridgehead atoms. The van der Waals surface area contributed by atoms with Crippen molar-refractivity contribution in [1.29, 1.82) is 0 Å². The van der Waals surface area contributed by atoms with Gasteiger partial charge in [-0.1, -0.05) is 11.6 Å². The number of amides is 1. The minimum atomic E-state index is -0.366. The van der Waals surface area contributed by atoms with Crippen LogP contribution in [0.25, 0.3) is 0 Å². The minimum absolute atomic E-state index is 0.0678. The van der Waals surface area contributed by atoms with Crippen molar-refractivity contribution in [3.63, 3.8) is 0 Å². The van der Waals surface area contributed by atoms with Crippen molar-refractivity contribution < 1.29 is 19.1 Å². The Labute approximate surface area is 166 Å². The maximum Gasteiger partial charge on any atom is 0.309 e. The molecule has 1 aromatic heterocycles. The Kier molecular flexibility index (Phi) is 6.29. The third-order valence-corrected chi connectivity index (χ3v) is 5.86. The summed E-state index contributed by atoms with van der Waals surface area (Å²) in [5.41, 5.74) is 0.581. The first kappa shape index (κ1) is 19.6. The van der Waals surface area contributed by atoms with Gasteiger partial charge in [0, 0.05) is 28.6 Å². The first-order valence-electron chi connectivity index (χ1n) is 8.75. The number of halogens is 1. The number of carbonyl (C=O) groups excluding carboxylic acids is 3. The number of Topliss-reactive ketones (excluding diaryl/α,β-unsaturated/α-hetero) is 1. The first-order chi connectivity index (χ1) is 12.9. The highest BCUT2D eigenvalue weighted by atomic mass is 35.5. The van der Waals surface area contributed by atoms with Crippen molar-refractivity contribution in [2.24, 2.45) is 5.92 Å². The van der Waals surface area contributed by atoms with Gasteiger partial charge in [0.15, 0.2) is 6.61 Å². The predicted octanol–water partition coefficient (Wildman–Crippen LogP) is 3.99. The Bertz CT molecular complexity index is 838. The number of benzene rings is 1. The average molecular weight is 406 g/mol. The second kappa shape index (κ2) is 8.67. The third kappa shape index (κ3) is 4.96. The van der Waals surface area contributed by atoms with Crippen molar-refractivity contribution >= 4 is 40.6 Å². The van der Waals surface area contributed by atoms with E-state index >= 15 is 0 Å². The molecule has 2 aromatic rings. The van der Waals surface area contributed by atoms with E-state index in [4.69, 9.17) is 16.3 Å². The number of thiophene rings is 1. The van der Waals surface area contributed by atoms with Crippen molar-refractivity contribution in [3.05, 3.63) is 56.7 Å². The van der Waals surface area contributed by atoms with E-state index in [1.54, 1.807) is 35.2 Å². The summed E-state index contributed by atoms with van der Waals surface area (Å²) in [6, 6.07) is 10.4. The summed E-state index contributed by atoms with van der Waals surface area (Å²) < 4.78 is 5.20. The van der Waals surface area contributed by atoms with Crippen molar-refractivity contribution in [2.45, 2.75) is 19.8 Å². The second-order valence-corrected chi connectivity index (χ2v) is 8.24. The van der Waals surface area contributed by atoms with Crippen LogP contribution in [0, 0.1) is 12.8 Å². The summed E-state index contributed by atoms with van der Waals surface area (Å²) in [5.74, 6) is -0.897. The molecule has 2 heterocycles. The zero-order valence-electron chi connectivity index (χ0n) is 14.9. The summed E-state index contributed by atoms with van der Waals surface area (Å²) in [5, 5.41) is 0.584. The maximum absolute atomic E-state index is 12.5. The van der Waals surface area contributed by atoms with Gasteiger partial charge < -0.3 is 9.64 Å². The molecule has 1 saturated heterocycles. The van der Waals surface area contributed by atoms with Crippen LogP contribution in [0.3, 0.4) is 0 Å². The second-order valence-electron chi connectivity index (χ2n) is 6.51. The predicted molar refractivity (Wildman–Crippen MR) is 104 cm³/mol. The number of hydrogen-bond acceptors (Lipinski definition) is 5. The molecule has 0 saturated carbocycles. The van der Waals surface area contributed by atoms with E-state index < -0.39 is 0 Å². The van der Waals surface area contributed by atoms with E-state index in [-0.39, 0.29) is 30.2 Å². The van der Waals surface area contributed by atoms with E-state index in [1.165, 1.54) is 11.3 Å². The number of nitrogens with zero attached hydrogens (tertiary/aromatic N) is 1. The standard InChI is InChI=1S/C20H20ClNO4S/c1-13-2-7-18(27-13)17(23)12-26-20(25)15-8-10-22(11-9-15)19(24)14-3-5-16(21)6-4-14/h2-7,15H,8-12H2,1H3. The van der Waals surface area contributed by atoms with Gasteiger partial charge >= 0.3 is 5.97 Å². The molecular weight excluding hydrogens is 386 g/mol. The highest BCUT2D eigenvalue weighted by Gasteiger charge is 2.29. The normalized spacial score (nSPS) is 14.8. The van der Waals surface area contributed by atoms with Crippen LogP contribution in [-0.2, 0) is 9.53 Å². The van der Waals surface area contributed by atoms with Crippen LogP contribution >= 0.6 is 22.9 Å². The van der Waals surface area contributed by atoms with Gasteiger partial charge in [-0.05, 0) is 56.2 Å². The fourth-order valence-electron chi connectivity index (χ4n) is 3.00. The molecule has 1 aliphatic heterocycles. The molecule has 0 aliphatic carbocycles. The summed E-state index contributed by atoms with van der Waals surface area (Å²) in [6.45, 7) is 2.66. The van der Waals surface area contributed by atoms with Gasteiger partial charge in [-0.2, -0.15) is 0 Å². The number of esters is 1. The molecule has 1 fully saturated rings. The number of ether oxygens (including phenoxy) is 1. The van der Waals surface area contributed by atoms with E-state index in [0.29, 0.717) is 41.4 Å². The lowest BCUT2D eigenvalue weighted by Crippen LogP contribution is -2.40. The number of likely N-dealkylation sites (tertiary alicyclic amines) is 1. The largest absolute Gasteiger partial charge is 0.457 e. The molecule has 0 unspecified atom stereocenters. The molecule has 1 amide bonds. The smallest absolute Gasteiger partial charge is 0.309 e. The van der Waals surface area contributed by atoms with Crippen molar-refractivity contribution in [2.75, 3.05) is 19.7 Å². The topological polar surface area (TPSA) is 63.7 Å². The van der Waals surface area contributed by atoms with Crippen LogP contribution in [0.4, 0.5) is 0 Å². The van der Waals surface area contributed by atoms with Crippen molar-refractivity contribution in [3.8, 4) is 0 Å². The van der Waals surface area contributed by atoms with Crippen LogP contribution in [-0.4, -0.2) is 42.3 Å². The maximum atomic E-state index is 12.5. The molecular formula is C20H20ClNO4S. The Morgan fingerprint density at radius 3 is 2.37 bits per heavy atom. The number of aryl methyl sites for hydroxylation is 1. The minimum Gasteiger partial charge on any atom is -0.457 e. The fraction of sp³-hybridized carbons (Fsp3) is 0.350. The van der Waals surface area contributed by atoms with Crippen LogP contribution in [0.1, 0.15) is 37.7 Å². The lowest BCUT2D eigenvalue weighted by Gasteiger charge is -2.31. The lowest BCUT2D eigenvalue weighted by atomic mass is 9.96. The third-order valence-electron chi connectivity index (χ3n) is 4.57. The summed E-state index contributed by atoms with van der Waals surface area (Å²) >= 11 is 7.24. The molecule has 0 radical (unpaired) electrons. The fourth-order valence-corrected chi connectivity index (χ4v) is 3.92. The van der Waals surface area contributed by atoms with Gasteiger partial charge in [0.25, 0.3) is 5.91 Å². The molecule has 27 heavy (non-hydrogen) atoms. The van der Waals surface area contributed by atoms with Gasteiger partial charge in [0.1, 0.15) is 0 Å². The Morgan fingerprint density at radius 2 is 1.78 bits per heavy atom. The van der Waals surface area contributed by atoms with E-state index in [1.807, 2.05) is 13.0 Å². The lowest BCUT2D eigenvalue weighted by molar-refractivity contribution is -0.148. The monoisotopic (exact) mass is 405 g/mol. The summed E-state index contributed by atoms with van der Waals surface area (Å²) in [4.78, 5) is 40.1. The van der Waals surface area contributed by atoms with Gasteiger partial charge in [-0.25, -0.2) is 0 Å². The van der Waals surface area contributed by atoms with Crippen LogP contribution in [0.2, 0.25) is 5.02 Å². The van der Waals surface area contributed by atoms with Gasteiger partial charge in [0.05, 0.1) is 10.8 Å². The van der Waals surface area contributed by atoms with E-state index in [0.717, 1.165) is 4.88 Å².